The molecule has 0 radical (unpaired) electrons. The van der Waals surface area contributed by atoms with E-state index in [0.717, 1.165) is 40.1 Å². The first-order chi connectivity index (χ1) is 12.0. The molecule has 0 fully saturated rings. The number of pyridine rings is 1. The fraction of sp³-hybridized carbons (Fsp3) is 0.238. The van der Waals surface area contributed by atoms with Gasteiger partial charge in [0.1, 0.15) is 5.82 Å². The molecule has 0 saturated carbocycles. The second kappa shape index (κ2) is 7.16. The van der Waals surface area contributed by atoms with Gasteiger partial charge >= 0.3 is 0 Å². The lowest BCUT2D eigenvalue weighted by Crippen LogP contribution is -1.98. The van der Waals surface area contributed by atoms with Crippen LogP contribution in [0.2, 0.25) is 0 Å². The second-order valence-corrected chi connectivity index (χ2v) is 7.21. The maximum absolute atomic E-state index is 14.6. The number of fused-ring (bicyclic) bond motifs is 1. The molecular weight excluding hydrogens is 331 g/mol. The zero-order chi connectivity index (χ0) is 18.0. The summed E-state index contributed by atoms with van der Waals surface area (Å²) in [6.07, 6.45) is 2.02. The fourth-order valence-electron chi connectivity index (χ4n) is 3.04. The van der Waals surface area contributed by atoms with Crippen molar-refractivity contribution in [3.05, 3.63) is 75.7 Å². The molecule has 4 heteroatoms. The molecule has 2 heterocycles. The number of nitriles is 1. The number of benzene rings is 1. The molecule has 2 aromatic heterocycles. The van der Waals surface area contributed by atoms with Crippen molar-refractivity contribution >= 4 is 21.4 Å². The highest BCUT2D eigenvalue weighted by Crippen LogP contribution is 2.31. The molecule has 3 rings (SSSR count). The molecular formula is C21H19FN2S. The van der Waals surface area contributed by atoms with Crippen molar-refractivity contribution in [3.63, 3.8) is 0 Å². The smallest absolute Gasteiger partial charge is 0.132 e. The predicted molar refractivity (Wildman–Crippen MR) is 101 cm³/mol. The Morgan fingerprint density at radius 3 is 2.76 bits per heavy atom. The number of aromatic nitrogens is 1. The van der Waals surface area contributed by atoms with Gasteiger partial charge in [-0.25, -0.2) is 4.39 Å². The monoisotopic (exact) mass is 350 g/mol. The average Bonchev–Trinajstić information content (AvgIpc) is 2.97. The Labute approximate surface area is 151 Å². The summed E-state index contributed by atoms with van der Waals surface area (Å²) in [5.41, 5.74) is 5.52. The predicted octanol–water partition coefficient (Wildman–Crippen LogP) is 5.46. The van der Waals surface area contributed by atoms with Gasteiger partial charge in [0.05, 0.1) is 6.07 Å². The van der Waals surface area contributed by atoms with Crippen LogP contribution < -0.4 is 0 Å². The number of thiophene rings is 1. The highest BCUT2D eigenvalue weighted by Gasteiger charge is 2.12. The summed E-state index contributed by atoms with van der Waals surface area (Å²) in [6, 6.07) is 9.81. The highest BCUT2D eigenvalue weighted by atomic mass is 32.1. The number of nitrogens with zero attached hydrogens (tertiary/aromatic N) is 2. The number of hydrogen-bond donors (Lipinski definition) is 0. The van der Waals surface area contributed by atoms with Crippen LogP contribution in [0.25, 0.3) is 10.1 Å². The lowest BCUT2D eigenvalue weighted by atomic mass is 10.0. The van der Waals surface area contributed by atoms with Crippen LogP contribution in [0.15, 0.2) is 41.8 Å². The van der Waals surface area contributed by atoms with Crippen LogP contribution in [0.3, 0.4) is 0 Å². The minimum Gasteiger partial charge on any atom is -0.258 e. The molecule has 2 nitrogen and oxygen atoms in total. The molecule has 0 atom stereocenters. The number of halogens is 1. The summed E-state index contributed by atoms with van der Waals surface area (Å²) < 4.78 is 15.6. The second-order valence-electron chi connectivity index (χ2n) is 6.30. The van der Waals surface area contributed by atoms with Crippen LogP contribution in [-0.4, -0.2) is 4.98 Å². The molecule has 0 N–H and O–H groups in total. The molecule has 0 unspecified atom stereocenters. The zero-order valence-corrected chi connectivity index (χ0v) is 15.2. The van der Waals surface area contributed by atoms with E-state index in [-0.39, 0.29) is 5.82 Å². The highest BCUT2D eigenvalue weighted by molar-refractivity contribution is 7.17. The van der Waals surface area contributed by atoms with Gasteiger partial charge in [0.15, 0.2) is 0 Å². The third-order valence-electron chi connectivity index (χ3n) is 4.34. The van der Waals surface area contributed by atoms with Crippen molar-refractivity contribution in [2.45, 2.75) is 33.1 Å². The molecule has 0 saturated heterocycles. The fourth-order valence-corrected chi connectivity index (χ4v) is 4.07. The van der Waals surface area contributed by atoms with Crippen LogP contribution in [0, 0.1) is 31.0 Å². The topological polar surface area (TPSA) is 36.7 Å². The molecule has 1 aromatic carbocycles. The first-order valence-electron chi connectivity index (χ1n) is 8.17. The van der Waals surface area contributed by atoms with Crippen LogP contribution in [-0.2, 0) is 19.3 Å². The molecule has 0 bridgehead atoms. The van der Waals surface area contributed by atoms with Gasteiger partial charge in [-0.1, -0.05) is 12.6 Å². The van der Waals surface area contributed by atoms with E-state index in [0.29, 0.717) is 17.4 Å². The molecule has 3 aromatic rings. The zero-order valence-electron chi connectivity index (χ0n) is 14.4. The van der Waals surface area contributed by atoms with E-state index in [4.69, 9.17) is 5.26 Å². The van der Waals surface area contributed by atoms with E-state index < -0.39 is 0 Å². The van der Waals surface area contributed by atoms with E-state index >= 15 is 0 Å². The number of hydrogen-bond acceptors (Lipinski definition) is 3. The van der Waals surface area contributed by atoms with Crippen molar-refractivity contribution in [1.82, 2.24) is 4.98 Å². The Kier molecular flexibility index (Phi) is 4.96. The van der Waals surface area contributed by atoms with Crippen LogP contribution in [0.5, 0.6) is 0 Å². The normalized spacial score (nSPS) is 10.8. The van der Waals surface area contributed by atoms with Gasteiger partial charge < -0.3 is 0 Å². The summed E-state index contributed by atoms with van der Waals surface area (Å²) >= 11 is 1.52. The van der Waals surface area contributed by atoms with E-state index in [1.807, 2.05) is 31.4 Å². The number of allylic oxidation sites excluding steroid dienone is 1. The third-order valence-corrected chi connectivity index (χ3v) is 5.32. The Balaban J connectivity index is 1.84. The standard InChI is InChI=1S/C21H19FN2S/c1-13(11-23)8-18-12-25-20-10-16(9-19(22)21(18)20)5-7-17-6-4-14(2)24-15(17)3/h4,6,9-10,12H,1,5,7-8H2,2-3H3. The first kappa shape index (κ1) is 17.3. The summed E-state index contributed by atoms with van der Waals surface area (Å²) in [5.74, 6) is -0.215. The van der Waals surface area contributed by atoms with Gasteiger partial charge in [0, 0.05) is 33.5 Å². The molecule has 126 valence electrons. The minimum absolute atomic E-state index is 0.215. The molecule has 0 aliphatic carbocycles. The quantitative estimate of drug-likeness (QED) is 0.573. The van der Waals surface area contributed by atoms with E-state index in [1.54, 1.807) is 6.07 Å². The Hall–Kier alpha value is -2.51. The Bertz CT molecular complexity index is 995. The summed E-state index contributed by atoms with van der Waals surface area (Å²) in [5, 5.41) is 11.4. The third kappa shape index (κ3) is 3.78. The van der Waals surface area contributed by atoms with Gasteiger partial charge in [-0.3, -0.25) is 4.98 Å². The largest absolute Gasteiger partial charge is 0.258 e. The SMILES string of the molecule is C=C(C#N)Cc1csc2cc(CCc3ccc(C)nc3C)cc(F)c12. The van der Waals surface area contributed by atoms with Gasteiger partial charge in [0.2, 0.25) is 0 Å². The Morgan fingerprint density at radius 1 is 1.24 bits per heavy atom. The van der Waals surface area contributed by atoms with Crippen LogP contribution in [0.1, 0.15) is 28.1 Å². The lowest BCUT2D eigenvalue weighted by molar-refractivity contribution is 0.637. The summed E-state index contributed by atoms with van der Waals surface area (Å²) in [6.45, 7) is 7.69. The molecule has 25 heavy (non-hydrogen) atoms. The van der Waals surface area contributed by atoms with Crippen molar-refractivity contribution in [3.8, 4) is 6.07 Å². The lowest BCUT2D eigenvalue weighted by Gasteiger charge is -2.07. The molecule has 0 amide bonds. The van der Waals surface area contributed by atoms with Crippen molar-refractivity contribution in [2.75, 3.05) is 0 Å². The summed E-state index contributed by atoms with van der Waals surface area (Å²) in [7, 11) is 0. The maximum Gasteiger partial charge on any atom is 0.132 e. The van der Waals surface area contributed by atoms with Gasteiger partial charge in [0.25, 0.3) is 0 Å². The van der Waals surface area contributed by atoms with Crippen molar-refractivity contribution in [1.29, 1.82) is 5.26 Å². The minimum atomic E-state index is -0.215. The number of aryl methyl sites for hydroxylation is 4. The van der Waals surface area contributed by atoms with Gasteiger partial charge in [-0.15, -0.1) is 11.3 Å². The number of rotatable bonds is 5. The van der Waals surface area contributed by atoms with E-state index in [2.05, 4.69) is 23.7 Å². The molecule has 0 aliphatic heterocycles. The average molecular weight is 350 g/mol. The van der Waals surface area contributed by atoms with Crippen molar-refractivity contribution < 1.29 is 4.39 Å². The van der Waals surface area contributed by atoms with E-state index in [1.165, 1.54) is 16.9 Å². The van der Waals surface area contributed by atoms with Gasteiger partial charge in [-0.2, -0.15) is 5.26 Å². The Morgan fingerprint density at radius 2 is 2.04 bits per heavy atom. The van der Waals surface area contributed by atoms with E-state index in [9.17, 15) is 4.39 Å². The van der Waals surface area contributed by atoms with Crippen LogP contribution in [0.4, 0.5) is 4.39 Å². The molecule has 0 aliphatic rings. The maximum atomic E-state index is 14.6. The van der Waals surface area contributed by atoms with Crippen LogP contribution >= 0.6 is 11.3 Å². The van der Waals surface area contributed by atoms with Crippen molar-refractivity contribution in [2.24, 2.45) is 0 Å². The summed E-state index contributed by atoms with van der Waals surface area (Å²) in [4.78, 5) is 4.49. The van der Waals surface area contributed by atoms with Gasteiger partial charge in [-0.05, 0) is 67.0 Å². The first-order valence-corrected chi connectivity index (χ1v) is 9.05. The molecule has 0 spiro atoms.